The molecule has 3 rings (SSSR count). The molecule has 2 aromatic rings. The standard InChI is InChI=1S/C15H15N5O4/c21-13(8-20-7-12(15(23)24)18-19-20)17-11-4-2-1-3-10(11)14(22)16-9-5-6-9/h1-4,7,9H,5-6,8H2,(H,16,22)(H,17,21)(H,23,24). The molecule has 1 heterocycles. The Kier molecular flexibility index (Phi) is 4.23. The fraction of sp³-hybridized carbons (Fsp3) is 0.267. The summed E-state index contributed by atoms with van der Waals surface area (Å²) in [6.07, 6.45) is 3.10. The van der Waals surface area contributed by atoms with Gasteiger partial charge in [-0.15, -0.1) is 5.10 Å². The van der Waals surface area contributed by atoms with Gasteiger partial charge in [0, 0.05) is 6.04 Å². The molecule has 0 saturated heterocycles. The lowest BCUT2D eigenvalue weighted by Crippen LogP contribution is -2.27. The van der Waals surface area contributed by atoms with Gasteiger partial charge in [-0.1, -0.05) is 17.3 Å². The predicted octanol–water partition coefficient (Wildman–Crippen LogP) is 0.507. The van der Waals surface area contributed by atoms with Crippen LogP contribution in [0.25, 0.3) is 0 Å². The summed E-state index contributed by atoms with van der Waals surface area (Å²) in [7, 11) is 0. The van der Waals surface area contributed by atoms with Crippen LogP contribution in [0, 0.1) is 0 Å². The van der Waals surface area contributed by atoms with Crippen LogP contribution in [0.2, 0.25) is 0 Å². The van der Waals surface area contributed by atoms with Crippen molar-refractivity contribution < 1.29 is 19.5 Å². The number of rotatable bonds is 6. The topological polar surface area (TPSA) is 126 Å². The van der Waals surface area contributed by atoms with E-state index in [4.69, 9.17) is 5.11 Å². The molecule has 1 saturated carbocycles. The Bertz CT molecular complexity index is 797. The average Bonchev–Trinajstić information content (AvgIpc) is 3.22. The van der Waals surface area contributed by atoms with E-state index in [0.717, 1.165) is 23.7 Å². The number of anilines is 1. The Labute approximate surface area is 136 Å². The molecule has 1 aliphatic rings. The van der Waals surface area contributed by atoms with Crippen molar-refractivity contribution in [2.75, 3.05) is 5.32 Å². The number of carboxylic acid groups (broad SMARTS) is 1. The lowest BCUT2D eigenvalue weighted by Gasteiger charge is -2.11. The minimum Gasteiger partial charge on any atom is -0.476 e. The number of hydrogen-bond donors (Lipinski definition) is 3. The number of aromatic carboxylic acids is 1. The van der Waals surface area contributed by atoms with Gasteiger partial charge in [-0.3, -0.25) is 9.59 Å². The van der Waals surface area contributed by atoms with Gasteiger partial charge in [-0.2, -0.15) is 0 Å². The number of benzene rings is 1. The van der Waals surface area contributed by atoms with E-state index in [-0.39, 0.29) is 24.2 Å². The van der Waals surface area contributed by atoms with Gasteiger partial charge in [0.05, 0.1) is 17.4 Å². The number of carboxylic acids is 1. The van der Waals surface area contributed by atoms with Crippen molar-refractivity contribution in [2.24, 2.45) is 0 Å². The summed E-state index contributed by atoms with van der Waals surface area (Å²) in [5.41, 5.74) is 0.522. The van der Waals surface area contributed by atoms with Crippen molar-refractivity contribution in [3.63, 3.8) is 0 Å². The highest BCUT2D eigenvalue weighted by Crippen LogP contribution is 2.21. The van der Waals surface area contributed by atoms with Gasteiger partial charge < -0.3 is 15.7 Å². The van der Waals surface area contributed by atoms with Crippen LogP contribution in [0.1, 0.15) is 33.7 Å². The second-order valence-electron chi connectivity index (χ2n) is 5.45. The number of aromatic nitrogens is 3. The maximum atomic E-state index is 12.2. The predicted molar refractivity (Wildman–Crippen MR) is 82.5 cm³/mol. The molecule has 0 unspecified atom stereocenters. The highest BCUT2D eigenvalue weighted by Gasteiger charge is 2.25. The first-order valence-corrected chi connectivity index (χ1v) is 7.36. The van der Waals surface area contributed by atoms with Crippen LogP contribution < -0.4 is 10.6 Å². The molecular weight excluding hydrogens is 314 g/mol. The summed E-state index contributed by atoms with van der Waals surface area (Å²) in [5.74, 6) is -1.89. The zero-order valence-electron chi connectivity index (χ0n) is 12.6. The van der Waals surface area contributed by atoms with Crippen molar-refractivity contribution in [3.05, 3.63) is 41.7 Å². The van der Waals surface area contributed by atoms with Gasteiger partial charge in [0.25, 0.3) is 5.91 Å². The zero-order chi connectivity index (χ0) is 17.1. The number of nitrogens with one attached hydrogen (secondary N) is 2. The average molecular weight is 329 g/mol. The van der Waals surface area contributed by atoms with Gasteiger partial charge >= 0.3 is 5.97 Å². The normalized spacial score (nSPS) is 13.3. The summed E-state index contributed by atoms with van der Waals surface area (Å²) in [6.45, 7) is -0.209. The summed E-state index contributed by atoms with van der Waals surface area (Å²) in [6, 6.07) is 6.90. The first-order chi connectivity index (χ1) is 11.5. The van der Waals surface area contributed by atoms with Crippen molar-refractivity contribution in [2.45, 2.75) is 25.4 Å². The molecule has 0 radical (unpaired) electrons. The van der Waals surface area contributed by atoms with E-state index in [1.54, 1.807) is 24.3 Å². The monoisotopic (exact) mass is 329 g/mol. The summed E-state index contributed by atoms with van der Waals surface area (Å²) in [4.78, 5) is 35.0. The summed E-state index contributed by atoms with van der Waals surface area (Å²) >= 11 is 0. The third-order valence-corrected chi connectivity index (χ3v) is 3.42. The number of amides is 2. The number of para-hydroxylation sites is 1. The lowest BCUT2D eigenvalue weighted by molar-refractivity contribution is -0.116. The van der Waals surface area contributed by atoms with Gasteiger partial charge in [-0.25, -0.2) is 9.48 Å². The molecule has 2 amide bonds. The second kappa shape index (κ2) is 6.49. The zero-order valence-corrected chi connectivity index (χ0v) is 12.6. The molecule has 124 valence electrons. The van der Waals surface area contributed by atoms with Crippen molar-refractivity contribution in [1.29, 1.82) is 0 Å². The Morgan fingerprint density at radius 1 is 1.25 bits per heavy atom. The Morgan fingerprint density at radius 3 is 2.67 bits per heavy atom. The van der Waals surface area contributed by atoms with Gasteiger partial charge in [0.1, 0.15) is 6.54 Å². The number of carbonyl (C=O) groups excluding carboxylic acids is 2. The van der Waals surface area contributed by atoms with Crippen molar-refractivity contribution >= 4 is 23.5 Å². The highest BCUT2D eigenvalue weighted by molar-refractivity contribution is 6.03. The van der Waals surface area contributed by atoms with E-state index in [9.17, 15) is 14.4 Å². The van der Waals surface area contributed by atoms with E-state index < -0.39 is 11.9 Å². The fourth-order valence-electron chi connectivity index (χ4n) is 2.09. The highest BCUT2D eigenvalue weighted by atomic mass is 16.4. The smallest absolute Gasteiger partial charge is 0.358 e. The van der Waals surface area contributed by atoms with E-state index in [2.05, 4.69) is 20.9 Å². The molecule has 9 nitrogen and oxygen atoms in total. The molecule has 1 aromatic carbocycles. The minimum absolute atomic E-state index is 0.209. The molecular formula is C15H15N5O4. The molecule has 0 aliphatic heterocycles. The van der Waals surface area contributed by atoms with Crippen molar-refractivity contribution in [1.82, 2.24) is 20.3 Å². The number of nitrogens with zero attached hydrogens (tertiary/aromatic N) is 3. The lowest BCUT2D eigenvalue weighted by atomic mass is 10.1. The molecule has 0 bridgehead atoms. The van der Waals surface area contributed by atoms with Gasteiger partial charge in [0.2, 0.25) is 5.91 Å². The molecule has 1 fully saturated rings. The van der Waals surface area contributed by atoms with Crippen LogP contribution in [0.4, 0.5) is 5.69 Å². The quantitative estimate of drug-likeness (QED) is 0.709. The number of carbonyl (C=O) groups is 3. The Hall–Kier alpha value is -3.23. The molecule has 3 N–H and O–H groups in total. The maximum Gasteiger partial charge on any atom is 0.358 e. The molecule has 9 heteroatoms. The van der Waals surface area contributed by atoms with Crippen molar-refractivity contribution in [3.8, 4) is 0 Å². The maximum absolute atomic E-state index is 12.2. The van der Waals surface area contributed by atoms with E-state index in [0.29, 0.717) is 11.3 Å². The van der Waals surface area contributed by atoms with Crippen LogP contribution in [0.15, 0.2) is 30.5 Å². The SMILES string of the molecule is O=C(Cn1cc(C(=O)O)nn1)Nc1ccccc1C(=O)NC1CC1. The van der Waals surface area contributed by atoms with E-state index >= 15 is 0 Å². The van der Waals surface area contributed by atoms with Crippen LogP contribution >= 0.6 is 0 Å². The van der Waals surface area contributed by atoms with Crippen LogP contribution in [-0.2, 0) is 11.3 Å². The van der Waals surface area contributed by atoms with E-state index in [1.807, 2.05) is 0 Å². The Balaban J connectivity index is 1.67. The van der Waals surface area contributed by atoms with Crippen LogP contribution in [0.3, 0.4) is 0 Å². The van der Waals surface area contributed by atoms with Crippen LogP contribution in [0.5, 0.6) is 0 Å². The van der Waals surface area contributed by atoms with Gasteiger partial charge in [0.15, 0.2) is 5.69 Å². The minimum atomic E-state index is -1.22. The second-order valence-corrected chi connectivity index (χ2v) is 5.45. The largest absolute Gasteiger partial charge is 0.476 e. The molecule has 1 aromatic heterocycles. The first-order valence-electron chi connectivity index (χ1n) is 7.36. The molecule has 24 heavy (non-hydrogen) atoms. The first kappa shape index (κ1) is 15.7. The summed E-state index contributed by atoms with van der Waals surface area (Å²) in [5, 5.41) is 21.3. The Morgan fingerprint density at radius 2 is 2.00 bits per heavy atom. The van der Waals surface area contributed by atoms with Crippen LogP contribution in [-0.4, -0.2) is 43.9 Å². The fourth-order valence-corrected chi connectivity index (χ4v) is 2.09. The molecule has 1 aliphatic carbocycles. The molecule has 0 spiro atoms. The number of hydrogen-bond acceptors (Lipinski definition) is 5. The van der Waals surface area contributed by atoms with Gasteiger partial charge in [-0.05, 0) is 25.0 Å². The summed E-state index contributed by atoms with van der Waals surface area (Å²) < 4.78 is 1.12. The molecule has 0 atom stereocenters. The third kappa shape index (κ3) is 3.75. The third-order valence-electron chi connectivity index (χ3n) is 3.42. The van der Waals surface area contributed by atoms with E-state index in [1.165, 1.54) is 0 Å².